The van der Waals surface area contributed by atoms with Crippen molar-refractivity contribution in [3.8, 4) is 11.5 Å². The number of para-hydroxylation sites is 2. The van der Waals surface area contributed by atoms with Crippen molar-refractivity contribution < 1.29 is 14.8 Å². The minimum absolute atomic E-state index is 0.150. The Morgan fingerprint density at radius 2 is 1.16 bits per heavy atom. The molecule has 0 aromatic heterocycles. The van der Waals surface area contributed by atoms with Crippen molar-refractivity contribution in [1.29, 1.82) is 0 Å². The van der Waals surface area contributed by atoms with Gasteiger partial charge in [-0.15, -0.1) is 0 Å². The highest BCUT2D eigenvalue weighted by atomic mass is 31.2. The Hall–Kier alpha value is -3.69. The lowest BCUT2D eigenvalue weighted by molar-refractivity contribution is 0.474. The van der Waals surface area contributed by atoms with Crippen LogP contribution >= 0.6 is 7.14 Å². The zero-order valence-corrected chi connectivity index (χ0v) is 17.5. The van der Waals surface area contributed by atoms with E-state index in [2.05, 4.69) is 10.6 Å². The molecule has 0 amide bonds. The van der Waals surface area contributed by atoms with E-state index < -0.39 is 12.9 Å². The van der Waals surface area contributed by atoms with Crippen molar-refractivity contribution in [1.82, 2.24) is 0 Å². The standard InChI is InChI=1S/C25H21N2O3P/c28-19-13-9-17(10-14-19)25(26-18-11-15-20(29)16-12-18)31(30)23-7-3-1-5-21(23)27-22-6-2-4-8-24(22)31/h1-16,25-29H. The number of phenolic OH excluding ortho intramolecular Hbond substituents is 2. The maximum absolute atomic E-state index is 15.1. The van der Waals surface area contributed by atoms with Gasteiger partial charge in [-0.25, -0.2) is 0 Å². The lowest BCUT2D eigenvalue weighted by Crippen LogP contribution is -2.32. The molecule has 4 N–H and O–H groups in total. The van der Waals surface area contributed by atoms with E-state index in [9.17, 15) is 10.2 Å². The second-order valence-electron chi connectivity index (χ2n) is 7.50. The molecular weight excluding hydrogens is 407 g/mol. The molecule has 1 atom stereocenters. The summed E-state index contributed by atoms with van der Waals surface area (Å²) in [5.74, 6) is -0.269. The van der Waals surface area contributed by atoms with E-state index in [-0.39, 0.29) is 11.5 Å². The first-order valence-corrected chi connectivity index (χ1v) is 11.7. The molecule has 4 aromatic carbocycles. The number of nitrogens with one attached hydrogen (secondary N) is 2. The summed E-state index contributed by atoms with van der Waals surface area (Å²) < 4.78 is 15.1. The van der Waals surface area contributed by atoms with Crippen molar-refractivity contribution >= 4 is 34.8 Å². The highest BCUT2D eigenvalue weighted by Crippen LogP contribution is 2.61. The van der Waals surface area contributed by atoms with E-state index in [4.69, 9.17) is 0 Å². The zero-order chi connectivity index (χ0) is 21.4. The van der Waals surface area contributed by atoms with Crippen LogP contribution in [-0.2, 0) is 4.57 Å². The second-order valence-corrected chi connectivity index (χ2v) is 10.3. The van der Waals surface area contributed by atoms with Crippen LogP contribution in [0.5, 0.6) is 11.5 Å². The fourth-order valence-electron chi connectivity index (χ4n) is 4.05. The first kappa shape index (κ1) is 19.3. The van der Waals surface area contributed by atoms with Crippen LogP contribution in [0.2, 0.25) is 0 Å². The third kappa shape index (κ3) is 3.33. The van der Waals surface area contributed by atoms with Gasteiger partial charge in [-0.3, -0.25) is 0 Å². The Kier molecular flexibility index (Phi) is 4.68. The number of hydrogen-bond donors (Lipinski definition) is 4. The summed E-state index contributed by atoms with van der Waals surface area (Å²) in [5, 5.41) is 27.9. The minimum atomic E-state index is -3.24. The Morgan fingerprint density at radius 1 is 0.677 bits per heavy atom. The molecule has 5 nitrogen and oxygen atoms in total. The van der Waals surface area contributed by atoms with Crippen LogP contribution < -0.4 is 21.2 Å². The van der Waals surface area contributed by atoms with E-state index in [1.165, 1.54) is 0 Å². The van der Waals surface area contributed by atoms with Gasteiger partial charge in [0.15, 0.2) is 7.14 Å². The molecule has 0 bridgehead atoms. The monoisotopic (exact) mass is 428 g/mol. The number of hydrogen-bond acceptors (Lipinski definition) is 5. The molecular formula is C25H21N2O3P. The van der Waals surface area contributed by atoms with Gasteiger partial charge in [0.05, 0.1) is 0 Å². The average molecular weight is 428 g/mol. The van der Waals surface area contributed by atoms with E-state index in [0.29, 0.717) is 0 Å². The molecule has 1 heterocycles. The van der Waals surface area contributed by atoms with Gasteiger partial charge in [0.1, 0.15) is 17.3 Å². The zero-order valence-electron chi connectivity index (χ0n) is 16.6. The van der Waals surface area contributed by atoms with Crippen LogP contribution in [0.1, 0.15) is 11.3 Å². The third-order valence-corrected chi connectivity index (χ3v) is 8.90. The SMILES string of the molecule is O=P1(C(Nc2ccc(O)cc2)c2ccc(O)cc2)c2ccccc2Nc2ccccc21. The van der Waals surface area contributed by atoms with Crippen LogP contribution in [0.4, 0.5) is 17.1 Å². The summed E-state index contributed by atoms with van der Waals surface area (Å²) in [6, 6.07) is 28.8. The van der Waals surface area contributed by atoms with Crippen molar-refractivity contribution in [3.05, 3.63) is 103 Å². The number of fused-ring (bicyclic) bond motifs is 2. The predicted molar refractivity (Wildman–Crippen MR) is 126 cm³/mol. The quantitative estimate of drug-likeness (QED) is 0.263. The molecule has 0 saturated heterocycles. The number of phenols is 2. The predicted octanol–water partition coefficient (Wildman–Crippen LogP) is 5.28. The van der Waals surface area contributed by atoms with Gasteiger partial charge in [0.2, 0.25) is 0 Å². The van der Waals surface area contributed by atoms with Crippen molar-refractivity contribution in [3.63, 3.8) is 0 Å². The summed E-state index contributed by atoms with van der Waals surface area (Å²) in [6.45, 7) is 0. The maximum atomic E-state index is 15.1. The number of aromatic hydroxyl groups is 2. The molecule has 6 heteroatoms. The van der Waals surface area contributed by atoms with Crippen molar-refractivity contribution in [2.75, 3.05) is 10.6 Å². The third-order valence-electron chi connectivity index (χ3n) is 5.54. The topological polar surface area (TPSA) is 81.6 Å². The summed E-state index contributed by atoms with van der Waals surface area (Å²) in [4.78, 5) is 0. The van der Waals surface area contributed by atoms with Crippen LogP contribution in [0, 0.1) is 0 Å². The molecule has 0 radical (unpaired) electrons. The van der Waals surface area contributed by atoms with Gasteiger partial charge < -0.3 is 25.4 Å². The molecule has 1 aliphatic rings. The Labute approximate surface area is 180 Å². The fourth-order valence-corrected chi connectivity index (χ4v) is 7.38. The summed E-state index contributed by atoms with van der Waals surface area (Å²) in [5.41, 5.74) is 3.17. The van der Waals surface area contributed by atoms with Gasteiger partial charge in [0, 0.05) is 27.7 Å². The molecule has 1 unspecified atom stereocenters. The van der Waals surface area contributed by atoms with E-state index in [1.807, 2.05) is 48.5 Å². The highest BCUT2D eigenvalue weighted by Gasteiger charge is 2.43. The lowest BCUT2D eigenvalue weighted by Gasteiger charge is -2.36. The van der Waals surface area contributed by atoms with Crippen LogP contribution in [-0.4, -0.2) is 10.2 Å². The smallest absolute Gasteiger partial charge is 0.172 e. The summed E-state index contributed by atoms with van der Waals surface area (Å²) in [6.07, 6.45) is 0. The normalized spacial score (nSPS) is 14.6. The van der Waals surface area contributed by atoms with Crippen LogP contribution in [0.25, 0.3) is 0 Å². The average Bonchev–Trinajstić information content (AvgIpc) is 2.80. The Bertz CT molecular complexity index is 1240. The number of anilines is 3. The Morgan fingerprint density at radius 3 is 1.71 bits per heavy atom. The first-order chi connectivity index (χ1) is 15.1. The van der Waals surface area contributed by atoms with E-state index >= 15 is 4.57 Å². The highest BCUT2D eigenvalue weighted by molar-refractivity contribution is 7.79. The van der Waals surface area contributed by atoms with Gasteiger partial charge >= 0.3 is 0 Å². The fraction of sp³-hybridized carbons (Fsp3) is 0.0400. The second kappa shape index (κ2) is 7.53. The molecule has 31 heavy (non-hydrogen) atoms. The molecule has 4 aromatic rings. The van der Waals surface area contributed by atoms with Crippen LogP contribution in [0.15, 0.2) is 97.1 Å². The maximum Gasteiger partial charge on any atom is 0.172 e. The van der Waals surface area contributed by atoms with E-state index in [0.717, 1.165) is 33.2 Å². The largest absolute Gasteiger partial charge is 0.508 e. The van der Waals surface area contributed by atoms with Gasteiger partial charge in [0.25, 0.3) is 0 Å². The molecule has 0 saturated carbocycles. The molecule has 0 spiro atoms. The van der Waals surface area contributed by atoms with Crippen molar-refractivity contribution in [2.45, 2.75) is 5.78 Å². The lowest BCUT2D eigenvalue weighted by atomic mass is 10.2. The van der Waals surface area contributed by atoms with Crippen LogP contribution in [0.3, 0.4) is 0 Å². The minimum Gasteiger partial charge on any atom is -0.508 e. The summed E-state index contributed by atoms with van der Waals surface area (Å²) in [7, 11) is -3.24. The number of benzene rings is 4. The molecule has 154 valence electrons. The first-order valence-electron chi connectivity index (χ1n) is 9.96. The van der Waals surface area contributed by atoms with E-state index in [1.54, 1.807) is 48.5 Å². The molecule has 0 fully saturated rings. The molecule has 5 rings (SSSR count). The van der Waals surface area contributed by atoms with Gasteiger partial charge in [-0.05, 0) is 66.2 Å². The van der Waals surface area contributed by atoms with Crippen molar-refractivity contribution in [2.24, 2.45) is 0 Å². The molecule has 1 aliphatic heterocycles. The Balaban J connectivity index is 1.74. The van der Waals surface area contributed by atoms with Gasteiger partial charge in [-0.1, -0.05) is 36.4 Å². The van der Waals surface area contributed by atoms with Gasteiger partial charge in [-0.2, -0.15) is 0 Å². The number of rotatable bonds is 4. The summed E-state index contributed by atoms with van der Waals surface area (Å²) >= 11 is 0. The molecule has 0 aliphatic carbocycles.